The van der Waals surface area contributed by atoms with E-state index in [4.69, 9.17) is 0 Å². The van der Waals surface area contributed by atoms with Crippen molar-refractivity contribution in [1.82, 2.24) is 24.8 Å². The first-order valence-electron chi connectivity index (χ1n) is 8.36. The summed E-state index contributed by atoms with van der Waals surface area (Å²) < 4.78 is 1.43. The number of carbonyl (C=O) groups excluding carboxylic acids is 1. The Bertz CT molecular complexity index is 1060. The van der Waals surface area contributed by atoms with Gasteiger partial charge in [0.05, 0.1) is 18.8 Å². The molecule has 0 aliphatic carbocycles. The first-order chi connectivity index (χ1) is 12.7. The topological polar surface area (TPSA) is 129 Å². The van der Waals surface area contributed by atoms with Gasteiger partial charge in [0.2, 0.25) is 0 Å². The number of rotatable bonds is 2. The fourth-order valence-corrected chi connectivity index (χ4v) is 3.59. The largest absolute Gasteiger partial charge is 0.465 e. The van der Waals surface area contributed by atoms with Crippen molar-refractivity contribution in [3.63, 3.8) is 0 Å². The third kappa shape index (κ3) is 2.52. The number of hydrogen-bond acceptors (Lipinski definition) is 6. The normalized spacial score (nSPS) is 16.7. The van der Waals surface area contributed by atoms with E-state index in [0.29, 0.717) is 28.3 Å². The predicted octanol–water partition coefficient (Wildman–Crippen LogP) is 1.12. The first kappa shape index (κ1) is 17.0. The highest BCUT2D eigenvalue weighted by Gasteiger charge is 2.37. The summed E-state index contributed by atoms with van der Waals surface area (Å²) in [5.41, 5.74) is 1.27. The molecule has 0 spiro atoms. The average molecular weight is 370 g/mol. The number of amides is 2. The van der Waals surface area contributed by atoms with Gasteiger partial charge in [-0.05, 0) is 32.4 Å². The van der Waals surface area contributed by atoms with Gasteiger partial charge >= 0.3 is 6.09 Å². The second kappa shape index (κ2) is 5.53. The van der Waals surface area contributed by atoms with Gasteiger partial charge in [-0.15, -0.1) is 0 Å². The third-order valence-electron chi connectivity index (χ3n) is 4.83. The number of nitrogens with zero attached hydrogens (tertiary/aromatic N) is 4. The molecule has 27 heavy (non-hydrogen) atoms. The van der Waals surface area contributed by atoms with Gasteiger partial charge in [-0.25, -0.2) is 14.8 Å². The van der Waals surface area contributed by atoms with Gasteiger partial charge in [0.1, 0.15) is 29.2 Å². The molecule has 0 atom stereocenters. The van der Waals surface area contributed by atoms with Gasteiger partial charge in [-0.3, -0.25) is 19.1 Å². The summed E-state index contributed by atoms with van der Waals surface area (Å²) in [6.45, 7) is 5.58. The van der Waals surface area contributed by atoms with Crippen molar-refractivity contribution in [2.75, 3.05) is 5.32 Å². The van der Waals surface area contributed by atoms with Crippen LogP contribution in [0.2, 0.25) is 0 Å². The smallest absolute Gasteiger partial charge is 0.407 e. The molecule has 4 heterocycles. The Hall–Kier alpha value is -3.43. The van der Waals surface area contributed by atoms with E-state index in [2.05, 4.69) is 20.6 Å². The molecule has 0 radical (unpaired) electrons. The van der Waals surface area contributed by atoms with Crippen LogP contribution in [-0.2, 0) is 18.8 Å². The summed E-state index contributed by atoms with van der Waals surface area (Å²) >= 11 is 0. The molecule has 2 aromatic rings. The van der Waals surface area contributed by atoms with Gasteiger partial charge in [0.25, 0.3) is 11.5 Å². The summed E-state index contributed by atoms with van der Waals surface area (Å²) in [6.07, 6.45) is 0.290. The van der Waals surface area contributed by atoms with Crippen LogP contribution in [0.5, 0.6) is 0 Å². The summed E-state index contributed by atoms with van der Waals surface area (Å²) in [6, 6.07) is 1.60. The molecule has 0 aromatic carbocycles. The minimum Gasteiger partial charge on any atom is -0.465 e. The van der Waals surface area contributed by atoms with E-state index < -0.39 is 11.8 Å². The summed E-state index contributed by atoms with van der Waals surface area (Å²) in [5, 5.41) is 15.0. The lowest BCUT2D eigenvalue weighted by molar-refractivity contribution is 0.0934. The molecule has 0 unspecified atom stereocenters. The van der Waals surface area contributed by atoms with Crippen molar-refractivity contribution in [3.05, 3.63) is 45.3 Å². The van der Waals surface area contributed by atoms with E-state index in [-0.39, 0.29) is 30.2 Å². The van der Waals surface area contributed by atoms with Crippen LogP contribution in [0.25, 0.3) is 0 Å². The molecule has 2 amide bonds. The molecule has 140 valence electrons. The Kier molecular flexibility index (Phi) is 3.48. The molecule has 0 fully saturated rings. The van der Waals surface area contributed by atoms with Crippen LogP contribution in [0, 0.1) is 6.92 Å². The van der Waals surface area contributed by atoms with Crippen LogP contribution in [0.15, 0.2) is 17.2 Å². The number of aryl methyl sites for hydroxylation is 1. The van der Waals surface area contributed by atoms with Gasteiger partial charge in [-0.1, -0.05) is 0 Å². The Morgan fingerprint density at radius 3 is 2.74 bits per heavy atom. The molecule has 0 saturated heterocycles. The van der Waals surface area contributed by atoms with Crippen molar-refractivity contribution in [1.29, 1.82) is 0 Å². The molecule has 10 nitrogen and oxygen atoms in total. The zero-order valence-electron chi connectivity index (χ0n) is 15.0. The van der Waals surface area contributed by atoms with Gasteiger partial charge in [0.15, 0.2) is 0 Å². The number of aromatic nitrogens is 3. The summed E-state index contributed by atoms with van der Waals surface area (Å²) in [4.78, 5) is 46.0. The first-order valence-corrected chi connectivity index (χ1v) is 8.36. The molecule has 4 rings (SSSR count). The van der Waals surface area contributed by atoms with Crippen LogP contribution in [0.4, 0.5) is 16.3 Å². The minimum absolute atomic E-state index is 0.143. The number of hydrogen-bond donors (Lipinski definition) is 3. The third-order valence-corrected chi connectivity index (χ3v) is 4.83. The van der Waals surface area contributed by atoms with E-state index in [0.717, 1.165) is 0 Å². The van der Waals surface area contributed by atoms with Crippen molar-refractivity contribution in [2.45, 2.75) is 39.5 Å². The van der Waals surface area contributed by atoms with Crippen LogP contribution in [0.3, 0.4) is 0 Å². The summed E-state index contributed by atoms with van der Waals surface area (Å²) in [5.74, 6) is 0.0945. The lowest BCUT2D eigenvalue weighted by atomic mass is 10.1. The maximum Gasteiger partial charge on any atom is 0.407 e. The number of carboxylic acid groups (broad SMARTS) is 1. The lowest BCUT2D eigenvalue weighted by Gasteiger charge is -2.22. The Morgan fingerprint density at radius 2 is 2.04 bits per heavy atom. The van der Waals surface area contributed by atoms with Crippen LogP contribution in [0.1, 0.15) is 41.2 Å². The molecule has 0 saturated carbocycles. The highest BCUT2D eigenvalue weighted by molar-refractivity contribution is 5.96. The van der Waals surface area contributed by atoms with E-state index in [1.165, 1.54) is 15.8 Å². The van der Waals surface area contributed by atoms with E-state index in [1.54, 1.807) is 26.8 Å². The molecule has 2 aromatic heterocycles. The number of carbonyl (C=O) groups is 2. The molecule has 3 N–H and O–H groups in total. The Balaban J connectivity index is 1.78. The lowest BCUT2D eigenvalue weighted by Crippen LogP contribution is -2.42. The second-order valence-corrected chi connectivity index (χ2v) is 7.15. The van der Waals surface area contributed by atoms with Crippen molar-refractivity contribution >= 4 is 23.5 Å². The predicted molar refractivity (Wildman–Crippen MR) is 94.8 cm³/mol. The van der Waals surface area contributed by atoms with Gasteiger partial charge < -0.3 is 15.7 Å². The maximum absolute atomic E-state index is 13.0. The monoisotopic (exact) mass is 370 g/mol. The average Bonchev–Trinajstić information content (AvgIpc) is 3.11. The van der Waals surface area contributed by atoms with Crippen molar-refractivity contribution in [2.24, 2.45) is 0 Å². The van der Waals surface area contributed by atoms with Crippen LogP contribution < -0.4 is 16.2 Å². The fourth-order valence-electron chi connectivity index (χ4n) is 3.59. The van der Waals surface area contributed by atoms with Crippen molar-refractivity contribution < 1.29 is 14.7 Å². The van der Waals surface area contributed by atoms with E-state index in [1.807, 2.05) is 0 Å². The molecule has 2 aliphatic rings. The van der Waals surface area contributed by atoms with E-state index in [9.17, 15) is 19.5 Å². The molecular weight excluding hydrogens is 352 g/mol. The van der Waals surface area contributed by atoms with Crippen LogP contribution in [-0.4, -0.2) is 36.5 Å². The molecule has 10 heteroatoms. The minimum atomic E-state index is -1.04. The standard InChI is InChI=1S/C17H18N6O4/c1-8-4-10(15(25)23-12(8)14(24)21-17(23,2)3)20-13-9-5-22(16(26)27)6-11(9)18-7-19-13/h4,7H,5-6H2,1-3H3,(H,21,24)(H,26,27)(H,18,19,20). The molecular formula is C17H18N6O4. The zero-order valence-corrected chi connectivity index (χ0v) is 15.0. The second-order valence-electron chi connectivity index (χ2n) is 7.15. The SMILES string of the molecule is Cc1cc(Nc2ncnc3c2CN(C(=O)O)C3)c(=O)n2c1C(=O)NC2(C)C. The quantitative estimate of drug-likeness (QED) is 0.722. The maximum atomic E-state index is 13.0. The highest BCUT2D eigenvalue weighted by Crippen LogP contribution is 2.29. The van der Waals surface area contributed by atoms with E-state index >= 15 is 0 Å². The van der Waals surface area contributed by atoms with Crippen molar-refractivity contribution in [3.8, 4) is 0 Å². The summed E-state index contributed by atoms with van der Waals surface area (Å²) in [7, 11) is 0. The van der Waals surface area contributed by atoms with Crippen LogP contribution >= 0.6 is 0 Å². The zero-order chi connectivity index (χ0) is 19.5. The Labute approximate surface area is 153 Å². The van der Waals surface area contributed by atoms with Gasteiger partial charge in [-0.2, -0.15) is 0 Å². The number of pyridine rings is 1. The highest BCUT2D eigenvalue weighted by atomic mass is 16.4. The number of anilines is 2. The fraction of sp³-hybridized carbons (Fsp3) is 0.353. The Morgan fingerprint density at radius 1 is 1.30 bits per heavy atom. The molecule has 2 aliphatic heterocycles. The molecule has 0 bridgehead atoms. The number of fused-ring (bicyclic) bond motifs is 2. The number of nitrogens with one attached hydrogen (secondary N) is 2. The van der Waals surface area contributed by atoms with Gasteiger partial charge in [0, 0.05) is 5.56 Å².